The number of carboxylic acids is 1. The maximum Gasteiger partial charge on any atom is 0.416 e. The Morgan fingerprint density at radius 1 is 1.26 bits per heavy atom. The smallest absolute Gasteiger partial charge is 0.416 e. The fourth-order valence-corrected chi connectivity index (χ4v) is 1.47. The van der Waals surface area contributed by atoms with E-state index in [1.165, 1.54) is 6.07 Å². The van der Waals surface area contributed by atoms with Crippen molar-refractivity contribution in [1.82, 2.24) is 0 Å². The van der Waals surface area contributed by atoms with Gasteiger partial charge < -0.3 is 5.11 Å². The normalized spacial score (nSPS) is 11.8. The fourth-order valence-electron chi connectivity index (χ4n) is 1.47. The van der Waals surface area contributed by atoms with E-state index in [0.29, 0.717) is 18.4 Å². The van der Waals surface area contributed by atoms with E-state index in [0.717, 1.165) is 12.1 Å². The summed E-state index contributed by atoms with van der Waals surface area (Å²) >= 11 is 0. The number of benzene rings is 1. The van der Waals surface area contributed by atoms with Crippen LogP contribution in [0.15, 0.2) is 24.3 Å². The molecule has 0 atom stereocenters. The molecule has 0 amide bonds. The van der Waals surface area contributed by atoms with Gasteiger partial charge >= 0.3 is 12.1 Å². The third-order valence-electron chi connectivity index (χ3n) is 2.87. The van der Waals surface area contributed by atoms with Gasteiger partial charge in [0.2, 0.25) is 0 Å². The van der Waals surface area contributed by atoms with Crippen molar-refractivity contribution >= 4 is 5.97 Å². The standard InChI is InChI=1S/C13H15F3O2.Zn/c1-12(2,11(17)18)7-6-9-4-3-5-10(8-9)13(14,15)16;/h3-5,8H,6-7H2,1-2H3,(H,17,18);. The van der Waals surface area contributed by atoms with Crippen molar-refractivity contribution in [3.05, 3.63) is 35.4 Å². The third kappa shape index (κ3) is 5.31. The van der Waals surface area contributed by atoms with E-state index in [4.69, 9.17) is 5.11 Å². The van der Waals surface area contributed by atoms with Gasteiger partial charge in [-0.2, -0.15) is 13.2 Å². The zero-order valence-electron chi connectivity index (χ0n) is 10.9. The Labute approximate surface area is 122 Å². The van der Waals surface area contributed by atoms with Crippen LogP contribution in [0.2, 0.25) is 0 Å². The molecule has 0 aliphatic heterocycles. The second-order valence-electron chi connectivity index (χ2n) is 4.89. The molecule has 2 nitrogen and oxygen atoms in total. The van der Waals surface area contributed by atoms with Gasteiger partial charge in [-0.1, -0.05) is 18.2 Å². The first-order valence-corrected chi connectivity index (χ1v) is 5.52. The van der Waals surface area contributed by atoms with Crippen LogP contribution in [0.5, 0.6) is 0 Å². The molecule has 0 radical (unpaired) electrons. The van der Waals surface area contributed by atoms with E-state index in [2.05, 4.69) is 0 Å². The van der Waals surface area contributed by atoms with Crippen molar-refractivity contribution in [2.24, 2.45) is 5.41 Å². The number of hydrogen-bond donors (Lipinski definition) is 1. The van der Waals surface area contributed by atoms with Gasteiger partial charge in [0.05, 0.1) is 11.0 Å². The van der Waals surface area contributed by atoms with E-state index in [1.807, 2.05) is 0 Å². The minimum absolute atomic E-state index is 0. The Balaban J connectivity index is 0.00000324. The molecule has 0 saturated carbocycles. The average Bonchev–Trinajstić information content (AvgIpc) is 2.25. The number of rotatable bonds is 4. The monoisotopic (exact) mass is 324 g/mol. The second-order valence-corrected chi connectivity index (χ2v) is 4.89. The van der Waals surface area contributed by atoms with E-state index >= 15 is 0 Å². The summed E-state index contributed by atoms with van der Waals surface area (Å²) in [5, 5.41) is 8.92. The number of carbonyl (C=O) groups is 1. The number of aliphatic carboxylic acids is 1. The summed E-state index contributed by atoms with van der Waals surface area (Å²) in [5.41, 5.74) is -1.14. The maximum atomic E-state index is 12.5. The third-order valence-corrected chi connectivity index (χ3v) is 2.87. The predicted octanol–water partition coefficient (Wildman–Crippen LogP) is 3.75. The molecule has 1 rings (SSSR count). The predicted molar refractivity (Wildman–Crippen MR) is 61.2 cm³/mol. The van der Waals surface area contributed by atoms with Crippen LogP contribution >= 0.6 is 0 Å². The Bertz CT molecular complexity index is 442. The molecule has 0 aromatic heterocycles. The summed E-state index contributed by atoms with van der Waals surface area (Å²) < 4.78 is 37.4. The van der Waals surface area contributed by atoms with Crippen LogP contribution in [0.3, 0.4) is 0 Å². The number of hydrogen-bond acceptors (Lipinski definition) is 1. The van der Waals surface area contributed by atoms with Gasteiger partial charge in [-0.3, -0.25) is 4.79 Å². The minimum atomic E-state index is -4.36. The minimum Gasteiger partial charge on any atom is -0.481 e. The molecule has 6 heteroatoms. The summed E-state index contributed by atoms with van der Waals surface area (Å²) in [6, 6.07) is 4.99. The Hall–Kier alpha value is -0.897. The molecule has 19 heavy (non-hydrogen) atoms. The van der Waals surface area contributed by atoms with Gasteiger partial charge in [0, 0.05) is 19.5 Å². The zero-order valence-corrected chi connectivity index (χ0v) is 13.9. The van der Waals surface area contributed by atoms with Crippen LogP contribution in [-0.4, -0.2) is 11.1 Å². The van der Waals surface area contributed by atoms with Crippen LogP contribution in [0.25, 0.3) is 0 Å². The maximum absolute atomic E-state index is 12.5. The molecule has 1 aromatic carbocycles. The molecule has 0 heterocycles. The summed E-state index contributed by atoms with van der Waals surface area (Å²) in [4.78, 5) is 10.9. The molecule has 0 bridgehead atoms. The first kappa shape index (κ1) is 18.1. The van der Waals surface area contributed by atoms with E-state index in [1.54, 1.807) is 19.9 Å². The van der Waals surface area contributed by atoms with Crippen molar-refractivity contribution in [1.29, 1.82) is 0 Å². The summed E-state index contributed by atoms with van der Waals surface area (Å²) in [5.74, 6) is -0.950. The average molecular weight is 326 g/mol. The molecule has 0 saturated heterocycles. The molecule has 0 aliphatic carbocycles. The Morgan fingerprint density at radius 2 is 1.84 bits per heavy atom. The zero-order chi connectivity index (χ0) is 14.0. The quantitative estimate of drug-likeness (QED) is 0.856. The van der Waals surface area contributed by atoms with Gasteiger partial charge in [-0.15, -0.1) is 0 Å². The number of halogens is 3. The summed E-state index contributed by atoms with van der Waals surface area (Å²) in [7, 11) is 0. The molecule has 1 N–H and O–H groups in total. The summed E-state index contributed by atoms with van der Waals surface area (Å²) in [6.07, 6.45) is -3.76. The molecule has 1 aromatic rings. The van der Waals surface area contributed by atoms with Crippen LogP contribution in [0, 0.1) is 5.41 Å². The van der Waals surface area contributed by atoms with E-state index in [9.17, 15) is 18.0 Å². The van der Waals surface area contributed by atoms with Crippen molar-refractivity contribution in [3.8, 4) is 0 Å². The van der Waals surface area contributed by atoms with Crippen molar-refractivity contribution in [3.63, 3.8) is 0 Å². The molecule has 0 aliphatic rings. The Kier molecular flexibility index (Phi) is 6.20. The van der Waals surface area contributed by atoms with Crippen LogP contribution < -0.4 is 0 Å². The topological polar surface area (TPSA) is 37.3 Å². The van der Waals surface area contributed by atoms with Crippen molar-refractivity contribution in [2.75, 3.05) is 0 Å². The number of alkyl halides is 3. The molecule has 0 unspecified atom stereocenters. The summed E-state index contributed by atoms with van der Waals surface area (Å²) in [6.45, 7) is 3.12. The number of aryl methyl sites for hydroxylation is 1. The second kappa shape index (κ2) is 6.51. The molecule has 0 fully saturated rings. The van der Waals surface area contributed by atoms with Crippen LogP contribution in [0.1, 0.15) is 31.4 Å². The van der Waals surface area contributed by atoms with Crippen molar-refractivity contribution in [2.45, 2.75) is 32.9 Å². The van der Waals surface area contributed by atoms with E-state index in [-0.39, 0.29) is 19.5 Å². The van der Waals surface area contributed by atoms with Gasteiger partial charge in [0.15, 0.2) is 0 Å². The van der Waals surface area contributed by atoms with Gasteiger partial charge in [-0.05, 0) is 38.3 Å². The van der Waals surface area contributed by atoms with Gasteiger partial charge in [0.25, 0.3) is 0 Å². The molecule has 102 valence electrons. The molecule has 0 spiro atoms. The largest absolute Gasteiger partial charge is 0.481 e. The fraction of sp³-hybridized carbons (Fsp3) is 0.462. The first-order chi connectivity index (χ1) is 8.13. The van der Waals surface area contributed by atoms with Crippen LogP contribution in [-0.2, 0) is 36.9 Å². The molecular weight excluding hydrogens is 311 g/mol. The van der Waals surface area contributed by atoms with Gasteiger partial charge in [0.1, 0.15) is 0 Å². The number of carboxylic acid groups (broad SMARTS) is 1. The molecular formula is C13H15F3O2Zn. The first-order valence-electron chi connectivity index (χ1n) is 5.52. The van der Waals surface area contributed by atoms with E-state index < -0.39 is 23.1 Å². The Morgan fingerprint density at radius 3 is 2.32 bits per heavy atom. The van der Waals surface area contributed by atoms with Crippen molar-refractivity contribution < 1.29 is 42.6 Å². The van der Waals surface area contributed by atoms with Gasteiger partial charge in [-0.25, -0.2) is 0 Å². The SMILES string of the molecule is CC(C)(CCc1cccc(C(F)(F)F)c1)C(=O)O.[Zn]. The van der Waals surface area contributed by atoms with Crippen LogP contribution in [0.4, 0.5) is 13.2 Å².